The van der Waals surface area contributed by atoms with Crippen LogP contribution in [0, 0.1) is 11.2 Å². The minimum absolute atomic E-state index is 0.190. The van der Waals surface area contributed by atoms with Crippen LogP contribution in [0.4, 0.5) is 5.69 Å². The molecule has 1 aromatic carbocycles. The summed E-state index contributed by atoms with van der Waals surface area (Å²) in [6, 6.07) is 6.11. The van der Waals surface area contributed by atoms with Gasteiger partial charge in [0.2, 0.25) is 0 Å². The summed E-state index contributed by atoms with van der Waals surface area (Å²) in [6.45, 7) is 8.19. The molecule has 4 nitrogen and oxygen atoms in total. The van der Waals surface area contributed by atoms with E-state index in [0.717, 1.165) is 36.2 Å². The average molecular weight is 304 g/mol. The van der Waals surface area contributed by atoms with Gasteiger partial charge in [0.15, 0.2) is 0 Å². The van der Waals surface area contributed by atoms with Crippen LogP contribution in [0.5, 0.6) is 11.5 Å². The molecule has 1 N–H and O–H groups in total. The largest absolute Gasteiger partial charge is 0.497 e. The SMILES string of the molecule is CC.CC.COc1cc(NC2CCB(C#N)C2)cc(OC)c1. The van der Waals surface area contributed by atoms with Crippen molar-refractivity contribution in [2.24, 2.45) is 0 Å². The van der Waals surface area contributed by atoms with Gasteiger partial charge in [-0.1, -0.05) is 34.0 Å². The van der Waals surface area contributed by atoms with Gasteiger partial charge < -0.3 is 14.8 Å². The summed E-state index contributed by atoms with van der Waals surface area (Å²) in [4.78, 5) is 0. The third kappa shape index (κ3) is 6.30. The van der Waals surface area contributed by atoms with Gasteiger partial charge in [-0.3, -0.25) is 0 Å². The monoisotopic (exact) mass is 304 g/mol. The second kappa shape index (κ2) is 11.8. The van der Waals surface area contributed by atoms with Crippen LogP contribution in [0.1, 0.15) is 34.1 Å². The summed E-state index contributed by atoms with van der Waals surface area (Å²) in [5.74, 6) is 3.88. The molecule has 0 bridgehead atoms. The third-order valence-corrected chi connectivity index (χ3v) is 3.34. The third-order valence-electron chi connectivity index (χ3n) is 3.34. The summed E-state index contributed by atoms with van der Waals surface area (Å²) >= 11 is 0. The first kappa shape index (κ1) is 20.2. The van der Waals surface area contributed by atoms with E-state index in [1.165, 1.54) is 0 Å². The van der Waals surface area contributed by atoms with Crippen molar-refractivity contribution in [3.63, 3.8) is 0 Å². The van der Waals surface area contributed by atoms with Crippen LogP contribution in [0.15, 0.2) is 18.2 Å². The molecule has 0 saturated carbocycles. The second-order valence-electron chi connectivity index (χ2n) is 4.58. The average Bonchev–Trinajstić information content (AvgIpc) is 3.05. The van der Waals surface area contributed by atoms with Crippen molar-refractivity contribution >= 4 is 12.4 Å². The number of ether oxygens (including phenoxy) is 2. The van der Waals surface area contributed by atoms with Crippen LogP contribution in [-0.2, 0) is 0 Å². The number of nitrogens with one attached hydrogen (secondary N) is 1. The summed E-state index contributed by atoms with van der Waals surface area (Å²) in [7, 11) is 3.28. The number of anilines is 1. The van der Waals surface area contributed by atoms with Gasteiger partial charge >= 0.3 is 0 Å². The van der Waals surface area contributed by atoms with E-state index in [0.29, 0.717) is 6.04 Å². The van der Waals surface area contributed by atoms with Crippen LogP contribution in [0.2, 0.25) is 12.6 Å². The number of rotatable bonds is 4. The van der Waals surface area contributed by atoms with Gasteiger partial charge in [-0.05, 0) is 12.7 Å². The predicted octanol–water partition coefficient (Wildman–Crippen LogP) is 4.50. The molecule has 1 heterocycles. The van der Waals surface area contributed by atoms with Crippen LogP contribution >= 0.6 is 0 Å². The highest BCUT2D eigenvalue weighted by Gasteiger charge is 2.28. The Morgan fingerprint density at radius 3 is 2.05 bits per heavy atom. The summed E-state index contributed by atoms with van der Waals surface area (Å²) in [5.41, 5.74) is 0.981. The van der Waals surface area contributed by atoms with Gasteiger partial charge in [0.1, 0.15) is 11.5 Å². The van der Waals surface area contributed by atoms with E-state index in [1.807, 2.05) is 45.9 Å². The van der Waals surface area contributed by atoms with Gasteiger partial charge in [0.25, 0.3) is 6.71 Å². The Morgan fingerprint density at radius 1 is 1.09 bits per heavy atom. The van der Waals surface area contributed by atoms with Crippen molar-refractivity contribution in [2.45, 2.75) is 52.8 Å². The Morgan fingerprint density at radius 2 is 1.64 bits per heavy atom. The first-order valence-corrected chi connectivity index (χ1v) is 8.14. The van der Waals surface area contributed by atoms with Gasteiger partial charge in [-0.15, -0.1) is 0 Å². The first-order valence-electron chi connectivity index (χ1n) is 8.14. The Balaban J connectivity index is 0.00000102. The Hall–Kier alpha value is -1.83. The molecule has 0 amide bonds. The number of benzene rings is 1. The number of methoxy groups -OCH3 is 2. The molecular formula is C17H29BN2O2. The maximum absolute atomic E-state index is 8.90. The lowest BCUT2D eigenvalue weighted by Crippen LogP contribution is -2.16. The number of nitriles is 1. The Labute approximate surface area is 135 Å². The zero-order valence-corrected chi connectivity index (χ0v) is 14.8. The van der Waals surface area contributed by atoms with Crippen molar-refractivity contribution in [2.75, 3.05) is 19.5 Å². The zero-order valence-electron chi connectivity index (χ0n) is 14.8. The quantitative estimate of drug-likeness (QED) is 0.832. The highest BCUT2D eigenvalue weighted by atomic mass is 16.5. The van der Waals surface area contributed by atoms with Crippen LogP contribution in [0.3, 0.4) is 0 Å². The van der Waals surface area contributed by atoms with E-state index < -0.39 is 0 Å². The minimum Gasteiger partial charge on any atom is -0.497 e. The normalized spacial score (nSPS) is 15.5. The maximum Gasteiger partial charge on any atom is 0.269 e. The topological polar surface area (TPSA) is 54.3 Å². The molecule has 5 heteroatoms. The number of nitrogens with zero attached hydrogens (tertiary/aromatic N) is 1. The lowest BCUT2D eigenvalue weighted by molar-refractivity contribution is 0.394. The molecule has 0 aromatic heterocycles. The molecule has 1 aliphatic rings. The fourth-order valence-electron chi connectivity index (χ4n) is 2.36. The van der Waals surface area contributed by atoms with Crippen molar-refractivity contribution in [3.05, 3.63) is 18.2 Å². The molecule has 1 aliphatic heterocycles. The molecule has 1 fully saturated rings. The molecule has 0 radical (unpaired) electrons. The van der Waals surface area contributed by atoms with Crippen LogP contribution in [-0.4, -0.2) is 27.0 Å². The molecule has 1 atom stereocenters. The summed E-state index contributed by atoms with van der Waals surface area (Å²) in [5, 5.41) is 12.3. The standard InChI is InChI=1S/C13H17BN2O2.2C2H6/c1-17-12-5-11(6-13(7-12)18-2)16-10-3-4-14(8-10)9-15;2*1-2/h5-7,10,16H,3-4,8H2,1-2H3;2*1-2H3. The van der Waals surface area contributed by atoms with Crippen molar-refractivity contribution in [3.8, 4) is 17.5 Å². The van der Waals surface area contributed by atoms with E-state index in [9.17, 15) is 0 Å². The van der Waals surface area contributed by atoms with Gasteiger partial charge in [0.05, 0.1) is 14.2 Å². The van der Waals surface area contributed by atoms with E-state index in [-0.39, 0.29) is 6.71 Å². The van der Waals surface area contributed by atoms with Gasteiger partial charge in [0, 0.05) is 35.9 Å². The second-order valence-corrected chi connectivity index (χ2v) is 4.58. The molecule has 1 aromatic rings. The molecular weight excluding hydrogens is 275 g/mol. The lowest BCUT2D eigenvalue weighted by Gasteiger charge is -2.15. The highest BCUT2D eigenvalue weighted by molar-refractivity contribution is 6.67. The highest BCUT2D eigenvalue weighted by Crippen LogP contribution is 2.29. The summed E-state index contributed by atoms with van der Waals surface area (Å²) in [6.07, 6.45) is 2.93. The van der Waals surface area contributed by atoms with Crippen molar-refractivity contribution in [1.29, 1.82) is 5.26 Å². The molecule has 0 aliphatic carbocycles. The van der Waals surface area contributed by atoms with Gasteiger partial charge in [-0.2, -0.15) is 0 Å². The Kier molecular flexibility index (Phi) is 10.8. The lowest BCUT2D eigenvalue weighted by atomic mass is 9.50. The molecule has 22 heavy (non-hydrogen) atoms. The minimum atomic E-state index is 0.190. The molecule has 1 saturated heterocycles. The van der Waals surface area contributed by atoms with E-state index in [4.69, 9.17) is 14.7 Å². The molecule has 122 valence electrons. The van der Waals surface area contributed by atoms with Crippen LogP contribution < -0.4 is 14.8 Å². The number of hydrogen-bond acceptors (Lipinski definition) is 4. The van der Waals surface area contributed by atoms with Crippen molar-refractivity contribution < 1.29 is 9.47 Å². The van der Waals surface area contributed by atoms with E-state index in [1.54, 1.807) is 14.2 Å². The fourth-order valence-corrected chi connectivity index (χ4v) is 2.36. The zero-order chi connectivity index (χ0) is 17.0. The summed E-state index contributed by atoms with van der Waals surface area (Å²) < 4.78 is 10.5. The smallest absolute Gasteiger partial charge is 0.269 e. The first-order chi connectivity index (χ1) is 10.7. The predicted molar refractivity (Wildman–Crippen MR) is 95.3 cm³/mol. The van der Waals surface area contributed by atoms with E-state index >= 15 is 0 Å². The number of hydrogen-bond donors (Lipinski definition) is 1. The molecule has 2 rings (SSSR count). The molecule has 0 spiro atoms. The Bertz CT molecular complexity index is 438. The fraction of sp³-hybridized carbons (Fsp3) is 0.588. The van der Waals surface area contributed by atoms with E-state index in [2.05, 4.69) is 11.3 Å². The molecule has 1 unspecified atom stereocenters. The van der Waals surface area contributed by atoms with Gasteiger partial charge in [-0.25, -0.2) is 5.26 Å². The van der Waals surface area contributed by atoms with Crippen molar-refractivity contribution in [1.82, 2.24) is 0 Å². The van der Waals surface area contributed by atoms with Crippen LogP contribution in [0.25, 0.3) is 0 Å². The maximum atomic E-state index is 8.90.